The molecule has 8 bridgehead atoms. The second kappa shape index (κ2) is 59.7. The summed E-state index contributed by atoms with van der Waals surface area (Å²) < 4.78 is 77.3. The zero-order chi connectivity index (χ0) is 97.4. The van der Waals surface area contributed by atoms with E-state index in [0.29, 0.717) is 207 Å². The molecule has 0 spiro atoms. The molecular formula is C116H158N4O16. The van der Waals surface area contributed by atoms with Crippen molar-refractivity contribution < 1.29 is 76.0 Å². The molecular weight excluding hydrogens is 1710 g/mol. The van der Waals surface area contributed by atoms with Crippen LogP contribution in [0.15, 0.2) is 146 Å². The minimum absolute atomic E-state index is 0.316. The molecule has 20 heteroatoms. The molecule has 2 aliphatic rings. The van der Waals surface area contributed by atoms with Gasteiger partial charge in [-0.1, -0.05) is 183 Å². The fourth-order valence-electron chi connectivity index (χ4n) is 16.5. The number of hydrogen-bond donors (Lipinski definition) is 2. The van der Waals surface area contributed by atoms with Crippen molar-refractivity contribution in [1.29, 1.82) is 0 Å². The Morgan fingerprint density at radius 1 is 0.265 bits per heavy atom. The van der Waals surface area contributed by atoms with Crippen molar-refractivity contribution in [2.45, 2.75) is 289 Å². The Bertz CT molecular complexity index is 4920. The van der Waals surface area contributed by atoms with Crippen LogP contribution in [0.1, 0.15) is 311 Å². The van der Waals surface area contributed by atoms with Crippen LogP contribution in [0.3, 0.4) is 0 Å². The summed E-state index contributed by atoms with van der Waals surface area (Å²) in [6.45, 7) is 44.7. The first-order chi connectivity index (χ1) is 66.1. The lowest BCUT2D eigenvalue weighted by Gasteiger charge is -2.21. The number of nitrogens with zero attached hydrogens (tertiary/aromatic N) is 2. The van der Waals surface area contributed by atoms with Gasteiger partial charge >= 0.3 is 23.9 Å². The van der Waals surface area contributed by atoms with Gasteiger partial charge in [0.05, 0.1) is 102 Å². The molecule has 0 saturated carbocycles. The van der Waals surface area contributed by atoms with Crippen LogP contribution < -0.4 is 37.9 Å². The fourth-order valence-corrected chi connectivity index (χ4v) is 16.5. The van der Waals surface area contributed by atoms with E-state index in [1.54, 1.807) is 27.7 Å². The van der Waals surface area contributed by atoms with Crippen LogP contribution >= 0.6 is 0 Å². The summed E-state index contributed by atoms with van der Waals surface area (Å²) in [7, 11) is 0. The maximum Gasteiger partial charge on any atom is 0.333 e. The summed E-state index contributed by atoms with van der Waals surface area (Å²) in [5.74, 6) is 4.97. The molecule has 738 valence electrons. The number of ether oxygens (including phenoxy) is 12. The van der Waals surface area contributed by atoms with E-state index >= 15 is 0 Å². The molecule has 0 fully saturated rings. The monoisotopic (exact) mass is 1860 g/mol. The summed E-state index contributed by atoms with van der Waals surface area (Å²) in [5, 5.41) is 0. The summed E-state index contributed by atoms with van der Waals surface area (Å²) in [6.07, 6.45) is 38.2. The van der Waals surface area contributed by atoms with Crippen LogP contribution in [0, 0.1) is 23.7 Å². The van der Waals surface area contributed by atoms with Crippen molar-refractivity contribution >= 4 is 70.2 Å². The van der Waals surface area contributed by atoms with Crippen molar-refractivity contribution in [3.8, 4) is 90.5 Å². The standard InChI is InChI=1S/C116H158N4O16/c1-17-25-45-85(21-5)77-133-103-63-51-91(75-107(103)135-79-87(23-7)47-27-19-3)111-97-57-53-93(117-97)109(89-49-61-101(125-65-37-29-33-41-69-129-113(121)81(9)10)105(73-89)127-67-39-31-35-43-71-131-115(123)83(13)14)95-55-59-99(119-95)112(92-52-64-104(134-78-86(22-6)46-26-18-2)108(76-92)136-80-88(24-8)48-28-20-4)100-60-56-96(120-100)110(94-54-58-98(111)118-94)90-50-62-102(126-66-38-30-34-42-70-130-114(122)82(11)12)106(74-90)128-68-40-32-36-44-72-132-116(124)84(15)16/h49-64,73-76,85-88,117,120H,9,11,13,15,17-48,65-72,77-80H2,1-8,10,12,14,16H3. The van der Waals surface area contributed by atoms with Gasteiger partial charge in [0.2, 0.25) is 0 Å². The van der Waals surface area contributed by atoms with Crippen LogP contribution in [-0.2, 0) is 38.1 Å². The summed E-state index contributed by atoms with van der Waals surface area (Å²) in [6, 6.07) is 33.7. The third-order valence-electron chi connectivity index (χ3n) is 25.3. The topological polar surface area (TPSA) is 236 Å². The van der Waals surface area contributed by atoms with Crippen LogP contribution in [0.4, 0.5) is 0 Å². The van der Waals surface area contributed by atoms with Crippen LogP contribution in [0.25, 0.3) is 90.9 Å². The van der Waals surface area contributed by atoms with Gasteiger partial charge in [-0.15, -0.1) is 0 Å². The van der Waals surface area contributed by atoms with Crippen molar-refractivity contribution in [3.05, 3.63) is 168 Å². The predicted octanol–water partition coefficient (Wildman–Crippen LogP) is 29.9. The van der Waals surface area contributed by atoms with E-state index < -0.39 is 0 Å². The molecule has 4 aromatic carbocycles. The molecule has 2 aliphatic heterocycles. The van der Waals surface area contributed by atoms with Gasteiger partial charge in [0.1, 0.15) is 0 Å². The first-order valence-electron chi connectivity index (χ1n) is 51.2. The minimum Gasteiger partial charge on any atom is -0.490 e. The number of aromatic amines is 2. The number of rotatable bonds is 68. The number of carbonyl (C=O) groups is 4. The van der Waals surface area contributed by atoms with Gasteiger partial charge in [0.25, 0.3) is 0 Å². The van der Waals surface area contributed by atoms with E-state index in [4.69, 9.17) is 66.8 Å². The van der Waals surface area contributed by atoms with Crippen molar-refractivity contribution in [1.82, 2.24) is 19.9 Å². The molecule has 0 saturated heterocycles. The Hall–Kier alpha value is -11.3. The van der Waals surface area contributed by atoms with Crippen LogP contribution in [0.5, 0.6) is 46.0 Å². The van der Waals surface area contributed by atoms with E-state index in [-0.39, 0.29) is 23.9 Å². The second-order valence-electron chi connectivity index (χ2n) is 36.8. The quantitative estimate of drug-likeness (QED) is 0.0156. The lowest BCUT2D eigenvalue weighted by molar-refractivity contribution is -0.139. The normalized spacial score (nSPS) is 12.4. The zero-order valence-electron chi connectivity index (χ0n) is 84.2. The molecule has 5 heterocycles. The van der Waals surface area contributed by atoms with Crippen LogP contribution in [-0.4, -0.2) is 123 Å². The molecule has 7 aromatic rings. The molecule has 2 N–H and O–H groups in total. The van der Waals surface area contributed by atoms with Gasteiger partial charge in [-0.25, -0.2) is 29.1 Å². The Morgan fingerprint density at radius 2 is 0.471 bits per heavy atom. The molecule has 0 aliphatic carbocycles. The number of H-pyrrole nitrogens is 2. The summed E-state index contributed by atoms with van der Waals surface area (Å²) in [4.78, 5) is 68.9. The van der Waals surface area contributed by atoms with Gasteiger partial charge < -0.3 is 66.8 Å². The molecule has 0 amide bonds. The molecule has 4 atom stereocenters. The third-order valence-corrected chi connectivity index (χ3v) is 25.3. The number of aromatic nitrogens is 4. The first-order valence-corrected chi connectivity index (χ1v) is 51.2. The summed E-state index contributed by atoms with van der Waals surface area (Å²) >= 11 is 0. The first kappa shape index (κ1) is 108. The van der Waals surface area contributed by atoms with Gasteiger partial charge in [0, 0.05) is 66.6 Å². The number of fused-ring (bicyclic) bond motifs is 8. The van der Waals surface area contributed by atoms with Gasteiger partial charge in [-0.2, -0.15) is 0 Å². The Morgan fingerprint density at radius 3 is 0.691 bits per heavy atom. The maximum absolute atomic E-state index is 12.3. The number of esters is 4. The highest BCUT2D eigenvalue weighted by Gasteiger charge is 2.26. The molecule has 9 rings (SSSR count). The predicted molar refractivity (Wildman–Crippen MR) is 555 cm³/mol. The lowest BCUT2D eigenvalue weighted by Crippen LogP contribution is -2.14. The highest BCUT2D eigenvalue weighted by atomic mass is 16.6. The second-order valence-corrected chi connectivity index (χ2v) is 36.8. The van der Waals surface area contributed by atoms with Gasteiger partial charge in [-0.05, 0) is 299 Å². The number of benzene rings is 4. The van der Waals surface area contributed by atoms with E-state index in [0.717, 1.165) is 259 Å². The smallest absolute Gasteiger partial charge is 0.333 e. The van der Waals surface area contributed by atoms with Crippen molar-refractivity contribution in [3.63, 3.8) is 0 Å². The number of carbonyl (C=O) groups excluding carboxylic acids is 4. The average Bonchev–Trinajstić information content (AvgIpc) is 1.61. The van der Waals surface area contributed by atoms with E-state index in [1.807, 2.05) is 12.1 Å². The fraction of sp³-hybridized carbons (Fsp3) is 0.517. The average molecular weight is 1860 g/mol. The molecule has 136 heavy (non-hydrogen) atoms. The van der Waals surface area contributed by atoms with E-state index in [1.165, 1.54) is 0 Å². The zero-order valence-corrected chi connectivity index (χ0v) is 84.2. The van der Waals surface area contributed by atoms with Gasteiger partial charge in [0.15, 0.2) is 46.0 Å². The largest absolute Gasteiger partial charge is 0.490 e. The SMILES string of the molecule is C=C(C)C(=O)OCCCCCCOc1ccc(-c2c3nc(c(-c4ccc(OCC(CC)CCCC)c(OCC(CC)CCCC)c4)c4ccc([nH]4)c(-c4ccc(OCCCCCCOC(=O)C(=C)C)c(OCCCCCCOC(=O)C(=C)C)c4)c4nc(c(-c5ccc(OCC(CC)CCCC)c(OCC(CC)CCCC)c5)c5ccc2[nH]5)C=C4)C=C3)cc1OCCCCCCOC(=O)C(=C)C. The Balaban J connectivity index is 1.32. The molecule has 20 nitrogen and oxygen atoms in total. The Labute approximate surface area is 812 Å². The lowest BCUT2D eigenvalue weighted by atomic mass is 10.00. The molecule has 0 radical (unpaired) electrons. The minimum atomic E-state index is -0.385. The molecule has 4 unspecified atom stereocenters. The highest BCUT2D eigenvalue weighted by molar-refractivity contribution is 6.01. The highest BCUT2D eigenvalue weighted by Crippen LogP contribution is 2.46. The number of hydrogen-bond acceptors (Lipinski definition) is 18. The Kier molecular flexibility index (Phi) is 47.5. The number of nitrogens with one attached hydrogen (secondary N) is 2. The maximum atomic E-state index is 12.3. The van der Waals surface area contributed by atoms with Gasteiger partial charge in [-0.3, -0.25) is 0 Å². The third kappa shape index (κ3) is 34.8. The molecule has 3 aromatic heterocycles. The van der Waals surface area contributed by atoms with E-state index in [2.05, 4.69) is 201 Å². The number of unbranched alkanes of at least 4 members (excludes halogenated alkanes) is 16. The van der Waals surface area contributed by atoms with E-state index in [9.17, 15) is 19.2 Å². The summed E-state index contributed by atoms with van der Waals surface area (Å²) in [5.41, 5.74) is 14.0. The van der Waals surface area contributed by atoms with Crippen LogP contribution in [0.2, 0.25) is 0 Å². The van der Waals surface area contributed by atoms with Crippen molar-refractivity contribution in [2.75, 3.05) is 79.3 Å². The van der Waals surface area contributed by atoms with Crippen molar-refractivity contribution in [2.24, 2.45) is 23.7 Å².